The standard InChI is InChI=1S/C27H31N3O5/c31-25-7-8-26(32)30(25)13-14-34-21-4-1-18(2-5-21)23-10-12-28-11-9-20(23)17-35-22-6-3-19-16-29-27(33)24(19)15-22/h1-6,15,20,23,28H,7-14,16-17H2,(H,29,33)/t20-,23-/m1/s1. The Hall–Kier alpha value is -3.39. The smallest absolute Gasteiger partial charge is 0.252 e. The predicted molar refractivity (Wildman–Crippen MR) is 129 cm³/mol. The molecule has 0 spiro atoms. The van der Waals surface area contributed by atoms with Gasteiger partial charge in [-0.15, -0.1) is 0 Å². The molecule has 2 saturated heterocycles. The molecule has 8 heteroatoms. The monoisotopic (exact) mass is 477 g/mol. The van der Waals surface area contributed by atoms with Crippen LogP contribution < -0.4 is 20.1 Å². The van der Waals surface area contributed by atoms with Crippen molar-refractivity contribution < 1.29 is 23.9 Å². The van der Waals surface area contributed by atoms with Gasteiger partial charge in [0, 0.05) is 30.9 Å². The van der Waals surface area contributed by atoms with Crippen LogP contribution in [0.2, 0.25) is 0 Å². The maximum absolute atomic E-state index is 12.0. The molecule has 8 nitrogen and oxygen atoms in total. The summed E-state index contributed by atoms with van der Waals surface area (Å²) in [6.45, 7) is 3.65. The van der Waals surface area contributed by atoms with E-state index < -0.39 is 0 Å². The van der Waals surface area contributed by atoms with E-state index in [1.807, 2.05) is 30.3 Å². The van der Waals surface area contributed by atoms with E-state index in [2.05, 4.69) is 22.8 Å². The highest BCUT2D eigenvalue weighted by Crippen LogP contribution is 2.33. The second kappa shape index (κ2) is 10.5. The van der Waals surface area contributed by atoms with E-state index in [1.54, 1.807) is 0 Å². The molecule has 0 aliphatic carbocycles. The Morgan fingerprint density at radius 1 is 0.886 bits per heavy atom. The molecule has 0 saturated carbocycles. The quantitative estimate of drug-likeness (QED) is 0.568. The molecule has 0 aromatic heterocycles. The minimum absolute atomic E-state index is 0.0390. The lowest BCUT2D eigenvalue weighted by Crippen LogP contribution is -2.33. The van der Waals surface area contributed by atoms with Gasteiger partial charge >= 0.3 is 0 Å². The van der Waals surface area contributed by atoms with Crippen molar-refractivity contribution in [2.75, 3.05) is 32.8 Å². The van der Waals surface area contributed by atoms with Crippen molar-refractivity contribution in [3.8, 4) is 11.5 Å². The van der Waals surface area contributed by atoms with Gasteiger partial charge in [-0.05, 0) is 67.2 Å². The average Bonchev–Trinajstić information content (AvgIpc) is 3.29. The number of likely N-dealkylation sites (tertiary alicyclic amines) is 1. The van der Waals surface area contributed by atoms with Crippen LogP contribution in [-0.4, -0.2) is 55.5 Å². The number of ether oxygens (including phenoxy) is 2. The zero-order valence-corrected chi connectivity index (χ0v) is 19.8. The fourth-order valence-electron chi connectivity index (χ4n) is 5.17. The zero-order chi connectivity index (χ0) is 24.2. The lowest BCUT2D eigenvalue weighted by Gasteiger charge is -2.26. The highest BCUT2D eigenvalue weighted by molar-refractivity contribution is 6.01. The second-order valence-electron chi connectivity index (χ2n) is 9.36. The van der Waals surface area contributed by atoms with Crippen LogP contribution in [0.3, 0.4) is 0 Å². The maximum Gasteiger partial charge on any atom is 0.252 e. The number of carbonyl (C=O) groups excluding carboxylic acids is 3. The van der Waals surface area contributed by atoms with Crippen LogP contribution in [0.5, 0.6) is 11.5 Å². The SMILES string of the molecule is O=C1NCc2ccc(OC[C@H]3CCNCC[C@@H]3c3ccc(OCCN4C(=O)CCC4=O)cc3)cc21. The largest absolute Gasteiger partial charge is 0.493 e. The Bertz CT molecular complexity index is 1080. The van der Waals surface area contributed by atoms with E-state index in [0.29, 0.717) is 50.0 Å². The van der Waals surface area contributed by atoms with E-state index >= 15 is 0 Å². The van der Waals surface area contributed by atoms with Gasteiger partial charge in [-0.1, -0.05) is 18.2 Å². The first kappa shape index (κ1) is 23.4. The van der Waals surface area contributed by atoms with Crippen molar-refractivity contribution >= 4 is 17.7 Å². The number of hydrogen-bond donors (Lipinski definition) is 2. The van der Waals surface area contributed by atoms with Gasteiger partial charge in [0.15, 0.2) is 0 Å². The summed E-state index contributed by atoms with van der Waals surface area (Å²) in [7, 11) is 0. The Balaban J connectivity index is 1.19. The summed E-state index contributed by atoms with van der Waals surface area (Å²) < 4.78 is 12.0. The van der Waals surface area contributed by atoms with Crippen molar-refractivity contribution in [3.63, 3.8) is 0 Å². The first-order chi connectivity index (χ1) is 17.1. The highest BCUT2D eigenvalue weighted by atomic mass is 16.5. The van der Waals surface area contributed by atoms with Gasteiger partial charge in [-0.2, -0.15) is 0 Å². The van der Waals surface area contributed by atoms with Crippen molar-refractivity contribution in [1.29, 1.82) is 0 Å². The van der Waals surface area contributed by atoms with Gasteiger partial charge in [0.25, 0.3) is 5.91 Å². The predicted octanol–water partition coefficient (Wildman–Crippen LogP) is 2.62. The maximum atomic E-state index is 12.0. The molecule has 2 aromatic carbocycles. The third kappa shape index (κ3) is 5.32. The number of rotatable bonds is 8. The molecular formula is C27H31N3O5. The molecular weight excluding hydrogens is 446 g/mol. The van der Waals surface area contributed by atoms with Gasteiger partial charge in [0.1, 0.15) is 18.1 Å². The molecule has 35 heavy (non-hydrogen) atoms. The topological polar surface area (TPSA) is 97.0 Å². The number of fused-ring (bicyclic) bond motifs is 1. The van der Waals surface area contributed by atoms with Gasteiger partial charge in [0.05, 0.1) is 13.2 Å². The number of imide groups is 1. The third-order valence-corrected chi connectivity index (χ3v) is 7.17. The minimum Gasteiger partial charge on any atom is -0.493 e. The van der Waals surface area contributed by atoms with Gasteiger partial charge in [-0.25, -0.2) is 0 Å². The fourth-order valence-corrected chi connectivity index (χ4v) is 5.17. The summed E-state index contributed by atoms with van der Waals surface area (Å²) in [6, 6.07) is 13.9. The second-order valence-corrected chi connectivity index (χ2v) is 9.36. The molecule has 5 rings (SSSR count). The van der Waals surface area contributed by atoms with Gasteiger partial charge < -0.3 is 20.1 Å². The molecule has 3 aliphatic heterocycles. The molecule has 3 heterocycles. The number of nitrogens with zero attached hydrogens (tertiary/aromatic N) is 1. The summed E-state index contributed by atoms with van der Waals surface area (Å²) >= 11 is 0. The summed E-state index contributed by atoms with van der Waals surface area (Å²) in [5.41, 5.74) is 2.96. The van der Waals surface area contributed by atoms with Gasteiger partial charge in [-0.3, -0.25) is 19.3 Å². The van der Waals surface area contributed by atoms with E-state index in [9.17, 15) is 14.4 Å². The minimum atomic E-state index is -0.118. The van der Waals surface area contributed by atoms with Crippen molar-refractivity contribution in [3.05, 3.63) is 59.2 Å². The molecule has 0 bridgehead atoms. The van der Waals surface area contributed by atoms with E-state index in [-0.39, 0.29) is 24.3 Å². The molecule has 2 atom stereocenters. The highest BCUT2D eigenvalue weighted by Gasteiger charge is 2.29. The number of benzene rings is 2. The van der Waals surface area contributed by atoms with Crippen molar-refractivity contribution in [2.45, 2.75) is 38.1 Å². The first-order valence-corrected chi connectivity index (χ1v) is 12.4. The lowest BCUT2D eigenvalue weighted by molar-refractivity contribution is -0.138. The van der Waals surface area contributed by atoms with Crippen LogP contribution in [0.25, 0.3) is 0 Å². The molecule has 2 fully saturated rings. The Kier molecular flexibility index (Phi) is 6.99. The summed E-state index contributed by atoms with van der Waals surface area (Å²) in [6.07, 6.45) is 2.62. The summed E-state index contributed by atoms with van der Waals surface area (Å²) in [5.74, 6) is 1.87. The molecule has 0 unspecified atom stereocenters. The van der Waals surface area contributed by atoms with Crippen LogP contribution in [-0.2, 0) is 16.1 Å². The van der Waals surface area contributed by atoms with Crippen LogP contribution in [0.15, 0.2) is 42.5 Å². The van der Waals surface area contributed by atoms with Crippen LogP contribution in [0, 0.1) is 5.92 Å². The molecule has 3 amide bonds. The molecule has 0 radical (unpaired) electrons. The Morgan fingerprint density at radius 3 is 2.43 bits per heavy atom. The lowest BCUT2D eigenvalue weighted by atomic mass is 9.83. The summed E-state index contributed by atoms with van der Waals surface area (Å²) in [4.78, 5) is 36.7. The molecule has 2 N–H and O–H groups in total. The van der Waals surface area contributed by atoms with Crippen molar-refractivity contribution in [1.82, 2.24) is 15.5 Å². The number of hydrogen-bond acceptors (Lipinski definition) is 6. The van der Waals surface area contributed by atoms with Crippen molar-refractivity contribution in [2.24, 2.45) is 5.92 Å². The third-order valence-electron chi connectivity index (χ3n) is 7.17. The van der Waals surface area contributed by atoms with E-state index in [0.717, 1.165) is 43.0 Å². The van der Waals surface area contributed by atoms with Crippen LogP contribution in [0.4, 0.5) is 0 Å². The van der Waals surface area contributed by atoms with Gasteiger partial charge in [0.2, 0.25) is 11.8 Å². The van der Waals surface area contributed by atoms with E-state index in [1.165, 1.54) is 10.5 Å². The molecule has 2 aromatic rings. The molecule has 184 valence electrons. The number of amides is 3. The van der Waals surface area contributed by atoms with Crippen LogP contribution in [0.1, 0.15) is 53.1 Å². The first-order valence-electron chi connectivity index (χ1n) is 12.4. The molecule has 3 aliphatic rings. The summed E-state index contributed by atoms with van der Waals surface area (Å²) in [5, 5.41) is 6.34. The number of carbonyl (C=O) groups is 3. The number of nitrogens with one attached hydrogen (secondary N) is 2. The van der Waals surface area contributed by atoms with Crippen LogP contribution >= 0.6 is 0 Å². The fraction of sp³-hybridized carbons (Fsp3) is 0.444. The van der Waals surface area contributed by atoms with E-state index in [4.69, 9.17) is 9.47 Å². The Labute approximate surface area is 205 Å². The Morgan fingerprint density at radius 2 is 1.63 bits per heavy atom. The zero-order valence-electron chi connectivity index (χ0n) is 19.8. The average molecular weight is 478 g/mol. The normalized spacial score (nSPS) is 22.1.